The van der Waals surface area contributed by atoms with Crippen molar-refractivity contribution < 1.29 is 14.6 Å². The van der Waals surface area contributed by atoms with Crippen LogP contribution in [-0.4, -0.2) is 28.8 Å². The van der Waals surface area contributed by atoms with Gasteiger partial charge in [0.25, 0.3) is 0 Å². The van der Waals surface area contributed by atoms with Gasteiger partial charge in [0.2, 0.25) is 0 Å². The zero-order chi connectivity index (χ0) is 15.0. The van der Waals surface area contributed by atoms with Crippen LogP contribution >= 0.6 is 15.9 Å². The Bertz CT molecular complexity index is 400. The molecule has 1 N–H and O–H groups in total. The van der Waals surface area contributed by atoms with Crippen molar-refractivity contribution in [2.45, 2.75) is 45.6 Å². The number of hydrogen-bond acceptors (Lipinski definition) is 4. The molecule has 0 unspecified atom stereocenters. The summed E-state index contributed by atoms with van der Waals surface area (Å²) in [6, 6.07) is 3.94. The zero-order valence-electron chi connectivity index (χ0n) is 12.0. The Hall–Kier alpha value is -0.940. The minimum atomic E-state index is -0.198. The molecule has 0 radical (unpaired) electrons. The van der Waals surface area contributed by atoms with Crippen molar-refractivity contribution >= 4 is 21.9 Å². The Labute approximate surface area is 128 Å². The van der Waals surface area contributed by atoms with Gasteiger partial charge < -0.3 is 9.84 Å². The zero-order valence-corrected chi connectivity index (χ0v) is 13.6. The van der Waals surface area contributed by atoms with Crippen LogP contribution in [0.4, 0.5) is 0 Å². The van der Waals surface area contributed by atoms with E-state index in [1.807, 2.05) is 26.0 Å². The van der Waals surface area contributed by atoms with Gasteiger partial charge in [-0.15, -0.1) is 0 Å². The normalized spacial score (nSPS) is 21.6. The number of aromatic nitrogens is 1. The number of hydrogen-bond donors (Lipinski definition) is 1. The number of halogens is 1. The van der Waals surface area contributed by atoms with Crippen LogP contribution in [0, 0.1) is 12.8 Å². The second-order valence-corrected chi connectivity index (χ2v) is 5.73. The number of pyridine rings is 1. The molecule has 1 aromatic heterocycles. The van der Waals surface area contributed by atoms with Gasteiger partial charge in [0.1, 0.15) is 4.60 Å². The lowest BCUT2D eigenvalue weighted by Crippen LogP contribution is -2.25. The molecule has 1 aliphatic carbocycles. The fraction of sp³-hybridized carbons (Fsp3) is 0.600. The predicted molar refractivity (Wildman–Crippen MR) is 81.3 cm³/mol. The third kappa shape index (κ3) is 6.48. The standard InChI is InChI=1S/C9H16O3.C6H6BrN/c1-2-12-9(11)7-3-5-8(10)6-4-7;1-5-2-3-8-6(7)4-5/h7-8,10H,2-6H2,1H3;2-4H,1H3. The Morgan fingerprint density at radius 1 is 1.45 bits per heavy atom. The number of esters is 1. The molecule has 0 saturated heterocycles. The van der Waals surface area contributed by atoms with E-state index in [9.17, 15) is 9.90 Å². The van der Waals surface area contributed by atoms with Crippen LogP contribution in [0.1, 0.15) is 38.2 Å². The van der Waals surface area contributed by atoms with Gasteiger partial charge in [-0.2, -0.15) is 0 Å². The van der Waals surface area contributed by atoms with Gasteiger partial charge in [-0.05, 0) is 73.2 Å². The van der Waals surface area contributed by atoms with Crippen LogP contribution in [0.15, 0.2) is 22.9 Å². The first-order chi connectivity index (χ1) is 9.52. The third-order valence-electron chi connectivity index (χ3n) is 3.20. The lowest BCUT2D eigenvalue weighted by atomic mass is 9.88. The van der Waals surface area contributed by atoms with Crippen LogP contribution in [0.3, 0.4) is 0 Å². The smallest absolute Gasteiger partial charge is 0.308 e. The van der Waals surface area contributed by atoms with E-state index in [0.29, 0.717) is 6.61 Å². The van der Waals surface area contributed by atoms with Crippen LogP contribution in [0.2, 0.25) is 0 Å². The summed E-state index contributed by atoms with van der Waals surface area (Å²) in [4.78, 5) is 15.2. The molecule has 0 spiro atoms. The lowest BCUT2D eigenvalue weighted by Gasteiger charge is -2.23. The summed E-state index contributed by atoms with van der Waals surface area (Å²) >= 11 is 3.25. The third-order valence-corrected chi connectivity index (χ3v) is 3.63. The van der Waals surface area contributed by atoms with Gasteiger partial charge in [-0.25, -0.2) is 4.98 Å². The summed E-state index contributed by atoms with van der Waals surface area (Å²) in [5.41, 5.74) is 1.23. The summed E-state index contributed by atoms with van der Waals surface area (Å²) in [5.74, 6) is -0.0576. The second kappa shape index (κ2) is 9.08. The highest BCUT2D eigenvalue weighted by atomic mass is 79.9. The van der Waals surface area contributed by atoms with E-state index >= 15 is 0 Å². The van der Waals surface area contributed by atoms with E-state index in [2.05, 4.69) is 20.9 Å². The minimum absolute atomic E-state index is 0.0355. The monoisotopic (exact) mass is 343 g/mol. The van der Waals surface area contributed by atoms with Crippen molar-refractivity contribution in [2.75, 3.05) is 6.61 Å². The predicted octanol–water partition coefficient (Wildman–Crippen LogP) is 3.25. The highest BCUT2D eigenvalue weighted by Crippen LogP contribution is 2.24. The Morgan fingerprint density at radius 3 is 2.55 bits per heavy atom. The maximum absolute atomic E-state index is 11.2. The molecule has 0 amide bonds. The first-order valence-corrected chi connectivity index (χ1v) is 7.75. The largest absolute Gasteiger partial charge is 0.466 e. The molecular formula is C15H22BrNO3. The average molecular weight is 344 g/mol. The van der Waals surface area contributed by atoms with Crippen molar-refractivity contribution in [1.82, 2.24) is 4.98 Å². The summed E-state index contributed by atoms with van der Waals surface area (Å²) in [7, 11) is 0. The van der Waals surface area contributed by atoms with Gasteiger partial charge in [-0.3, -0.25) is 4.79 Å². The van der Waals surface area contributed by atoms with E-state index in [1.54, 1.807) is 6.20 Å². The first-order valence-electron chi connectivity index (χ1n) is 6.95. The van der Waals surface area contributed by atoms with E-state index < -0.39 is 0 Å². The van der Waals surface area contributed by atoms with E-state index in [-0.39, 0.29) is 18.0 Å². The average Bonchev–Trinajstić information content (AvgIpc) is 2.40. The van der Waals surface area contributed by atoms with Crippen LogP contribution in [0.25, 0.3) is 0 Å². The number of aliphatic hydroxyl groups is 1. The van der Waals surface area contributed by atoms with Crippen molar-refractivity contribution in [1.29, 1.82) is 0 Å². The molecule has 0 atom stereocenters. The number of ether oxygens (including phenoxy) is 1. The quantitative estimate of drug-likeness (QED) is 0.661. The highest BCUT2D eigenvalue weighted by Gasteiger charge is 2.25. The van der Waals surface area contributed by atoms with Gasteiger partial charge in [-0.1, -0.05) is 0 Å². The van der Waals surface area contributed by atoms with Crippen molar-refractivity contribution in [2.24, 2.45) is 5.92 Å². The molecule has 20 heavy (non-hydrogen) atoms. The molecule has 1 saturated carbocycles. The van der Waals surface area contributed by atoms with Crippen LogP contribution in [-0.2, 0) is 9.53 Å². The Morgan fingerprint density at radius 2 is 2.10 bits per heavy atom. The number of carbonyl (C=O) groups excluding carboxylic acids is 1. The maximum atomic E-state index is 11.2. The molecule has 0 bridgehead atoms. The molecule has 0 aliphatic heterocycles. The van der Waals surface area contributed by atoms with Gasteiger partial charge in [0, 0.05) is 6.20 Å². The number of carbonyl (C=O) groups is 1. The molecule has 112 valence electrons. The molecule has 1 aromatic rings. The van der Waals surface area contributed by atoms with E-state index in [0.717, 1.165) is 30.3 Å². The van der Waals surface area contributed by atoms with Crippen molar-refractivity contribution in [3.8, 4) is 0 Å². The molecule has 4 nitrogen and oxygen atoms in total. The highest BCUT2D eigenvalue weighted by molar-refractivity contribution is 9.10. The van der Waals surface area contributed by atoms with Gasteiger partial charge >= 0.3 is 5.97 Å². The summed E-state index contributed by atoms with van der Waals surface area (Å²) < 4.78 is 5.80. The molecular weight excluding hydrogens is 322 g/mol. The van der Waals surface area contributed by atoms with Crippen LogP contribution < -0.4 is 0 Å². The van der Waals surface area contributed by atoms with Gasteiger partial charge in [0.15, 0.2) is 0 Å². The van der Waals surface area contributed by atoms with Crippen molar-refractivity contribution in [3.05, 3.63) is 28.5 Å². The second-order valence-electron chi connectivity index (χ2n) is 4.91. The lowest BCUT2D eigenvalue weighted by molar-refractivity contribution is -0.149. The van der Waals surface area contributed by atoms with Crippen molar-refractivity contribution in [3.63, 3.8) is 0 Å². The van der Waals surface area contributed by atoms with E-state index in [4.69, 9.17) is 4.74 Å². The SMILES string of the molecule is CCOC(=O)C1CCC(O)CC1.Cc1ccnc(Br)c1. The molecule has 1 heterocycles. The minimum Gasteiger partial charge on any atom is -0.466 e. The maximum Gasteiger partial charge on any atom is 0.308 e. The first kappa shape index (κ1) is 17.1. The van der Waals surface area contributed by atoms with Crippen LogP contribution in [0.5, 0.6) is 0 Å². The summed E-state index contributed by atoms with van der Waals surface area (Å²) in [6.07, 6.45) is 4.61. The van der Waals surface area contributed by atoms with Gasteiger partial charge in [0.05, 0.1) is 18.6 Å². The molecule has 1 aliphatic rings. The van der Waals surface area contributed by atoms with E-state index in [1.165, 1.54) is 5.56 Å². The topological polar surface area (TPSA) is 59.4 Å². The Kier molecular flexibility index (Phi) is 7.77. The number of aliphatic hydroxyl groups excluding tert-OH is 1. The summed E-state index contributed by atoms with van der Waals surface area (Å²) in [6.45, 7) is 4.31. The molecule has 5 heteroatoms. The molecule has 2 rings (SSSR count). The number of rotatable bonds is 2. The molecule has 0 aromatic carbocycles. The number of aryl methyl sites for hydroxylation is 1. The number of nitrogens with zero attached hydrogens (tertiary/aromatic N) is 1. The Balaban J connectivity index is 0.000000217. The molecule has 1 fully saturated rings. The fourth-order valence-corrected chi connectivity index (χ4v) is 2.55. The summed E-state index contributed by atoms with van der Waals surface area (Å²) in [5, 5.41) is 9.19. The fourth-order valence-electron chi connectivity index (χ4n) is 2.07.